The standard InChI is InChI=1S/C60H58N2.C58H44FN/c1-8-61(9-2)53-35-37-55(38-36-53)62(54-33-23-45(24-34-54)39-58(46-15-11-10-12-16-46)47-25-19-43(3)20-26-47)56-40-50-17-13-14-18-57(50)51(41-56)42-59(48-27-21-44(4)22-28-48)49-29-31-52(32-30-49)60(5,6)7;1-41-26-30-47(31-27-41)55(48-32-28-42(2)29-33-48)36-43-34-50(44-16-7-3-8-17-44)37-53(35-43)60(52-23-13-6-14-24-52)58-40-51(59)39-57-49(22-15-25-54(57)58)38-56(45-18-9-4-10-19-45)46-20-11-5-12-21-46/h10-42H,8-9H2,1-7H3;3-40H,1-2H3/b58-39+,59-42-;. The van der Waals surface area contributed by atoms with Gasteiger partial charge in [0.2, 0.25) is 0 Å². The van der Waals surface area contributed by atoms with Gasteiger partial charge in [-0.2, -0.15) is 0 Å². The van der Waals surface area contributed by atoms with Crippen LogP contribution in [0.25, 0.3) is 79.3 Å². The van der Waals surface area contributed by atoms with Crippen LogP contribution in [0.15, 0.2) is 406 Å². The van der Waals surface area contributed by atoms with E-state index in [-0.39, 0.29) is 11.2 Å². The highest BCUT2D eigenvalue weighted by molar-refractivity contribution is 6.07. The Hall–Kier alpha value is -14.5. The summed E-state index contributed by atoms with van der Waals surface area (Å²) in [5, 5.41) is 4.18. The van der Waals surface area contributed by atoms with Crippen LogP contribution in [0.1, 0.15) is 129 Å². The van der Waals surface area contributed by atoms with Gasteiger partial charge >= 0.3 is 0 Å². The van der Waals surface area contributed by atoms with Crippen molar-refractivity contribution in [3.05, 3.63) is 507 Å². The van der Waals surface area contributed by atoms with Gasteiger partial charge in [-0.15, -0.1) is 0 Å². The van der Waals surface area contributed by atoms with E-state index in [4.69, 9.17) is 0 Å². The van der Waals surface area contributed by atoms with Gasteiger partial charge in [0.05, 0.1) is 5.69 Å². The molecule has 0 bridgehead atoms. The van der Waals surface area contributed by atoms with Crippen LogP contribution < -0.4 is 14.7 Å². The Balaban J connectivity index is 0.000000181. The average Bonchev–Trinajstić information content (AvgIpc) is 0.757. The third-order valence-electron chi connectivity index (χ3n) is 23.0. The Bertz CT molecular complexity index is 6470. The normalized spacial score (nSPS) is 11.5. The molecule has 0 atom stereocenters. The monoisotopic (exact) mass is 1580 g/mol. The van der Waals surface area contributed by atoms with E-state index >= 15 is 4.39 Å². The van der Waals surface area contributed by atoms with E-state index in [0.29, 0.717) is 0 Å². The van der Waals surface area contributed by atoms with Gasteiger partial charge in [-0.05, 0) is 284 Å². The fourth-order valence-corrected chi connectivity index (χ4v) is 16.4. The summed E-state index contributed by atoms with van der Waals surface area (Å²) in [5.74, 6) is -0.305. The number of fused-ring (bicyclic) bond motifs is 2. The van der Waals surface area contributed by atoms with Crippen LogP contribution in [0.3, 0.4) is 0 Å². The molecule has 0 aliphatic rings. The summed E-state index contributed by atoms with van der Waals surface area (Å²) in [6.07, 6.45) is 9.19. The second-order valence-electron chi connectivity index (χ2n) is 32.7. The van der Waals surface area contributed by atoms with Gasteiger partial charge in [-0.25, -0.2) is 4.39 Å². The highest BCUT2D eigenvalue weighted by Gasteiger charge is 2.23. The second-order valence-corrected chi connectivity index (χ2v) is 32.7. The van der Waals surface area contributed by atoms with Crippen molar-refractivity contribution in [1.82, 2.24) is 0 Å². The molecule has 0 aromatic heterocycles. The maximum Gasteiger partial charge on any atom is 0.125 e. The summed E-state index contributed by atoms with van der Waals surface area (Å²) in [7, 11) is 0. The van der Waals surface area contributed by atoms with E-state index in [9.17, 15) is 0 Å². The molecule has 0 spiro atoms. The van der Waals surface area contributed by atoms with Gasteiger partial charge in [0, 0.05) is 52.6 Å². The first-order chi connectivity index (χ1) is 59.5. The molecule has 17 aromatic carbocycles. The Morgan fingerprint density at radius 2 is 0.656 bits per heavy atom. The van der Waals surface area contributed by atoms with Gasteiger partial charge in [0.15, 0.2) is 0 Å². The van der Waals surface area contributed by atoms with Crippen molar-refractivity contribution >= 4 is 108 Å². The van der Waals surface area contributed by atoms with E-state index < -0.39 is 0 Å². The van der Waals surface area contributed by atoms with Gasteiger partial charge in [0.25, 0.3) is 0 Å². The summed E-state index contributed by atoms with van der Waals surface area (Å²) in [5.41, 5.74) is 33.7. The number of hydrogen-bond acceptors (Lipinski definition) is 3. The molecule has 3 nitrogen and oxygen atoms in total. The number of rotatable bonds is 22. The molecule has 0 fully saturated rings. The van der Waals surface area contributed by atoms with Crippen LogP contribution in [0.2, 0.25) is 0 Å². The maximum atomic E-state index is 16.4. The van der Waals surface area contributed by atoms with Crippen LogP contribution >= 0.6 is 0 Å². The lowest BCUT2D eigenvalue weighted by Gasteiger charge is -2.28. The van der Waals surface area contributed by atoms with Gasteiger partial charge in [0.1, 0.15) is 5.82 Å². The molecule has 0 radical (unpaired) electrons. The molecule has 0 heterocycles. The largest absolute Gasteiger partial charge is 0.372 e. The van der Waals surface area contributed by atoms with E-state index in [2.05, 4.69) is 459 Å². The van der Waals surface area contributed by atoms with Gasteiger partial charge in [-0.3, -0.25) is 0 Å². The summed E-state index contributed by atoms with van der Waals surface area (Å²) in [6, 6.07) is 145. The Kier molecular flexibility index (Phi) is 24.8. The zero-order valence-electron chi connectivity index (χ0n) is 71.1. The van der Waals surface area contributed by atoms with Crippen LogP contribution in [-0.4, -0.2) is 13.1 Å². The van der Waals surface area contributed by atoms with E-state index in [1.54, 1.807) is 12.1 Å². The fourth-order valence-electron chi connectivity index (χ4n) is 16.4. The number of nitrogens with zero attached hydrogens (tertiary/aromatic N) is 3. The highest BCUT2D eigenvalue weighted by Crippen LogP contribution is 2.46. The third-order valence-corrected chi connectivity index (χ3v) is 23.0. The van der Waals surface area contributed by atoms with Crippen molar-refractivity contribution in [2.75, 3.05) is 27.8 Å². The molecule has 596 valence electrons. The SMILES string of the molecule is CCN(CC)c1ccc(N(c2ccc(/C=C(\c3ccccc3)c3ccc(C)cc3)cc2)c2cc(/C=C(/c3ccc(C)cc3)c3ccc(C(C)(C)C)cc3)c3ccccc3c2)cc1.Cc1ccc(C(=Cc2cc(-c3ccccc3)cc(N(c3ccccc3)c3cc(F)cc4c(C=C(c5ccccc5)c5ccccc5)cccc34)c2)c2ccc(C)cc2)cc1. The minimum Gasteiger partial charge on any atom is -0.372 e. The topological polar surface area (TPSA) is 9.72 Å². The lowest BCUT2D eigenvalue weighted by Crippen LogP contribution is -2.21. The van der Waals surface area contributed by atoms with E-state index in [0.717, 1.165) is 119 Å². The van der Waals surface area contributed by atoms with Crippen molar-refractivity contribution in [2.24, 2.45) is 0 Å². The van der Waals surface area contributed by atoms with Crippen molar-refractivity contribution < 1.29 is 4.39 Å². The smallest absolute Gasteiger partial charge is 0.125 e. The molecule has 4 heteroatoms. The molecule has 17 aromatic rings. The molecule has 17 rings (SSSR count). The molecule has 122 heavy (non-hydrogen) atoms. The first-order valence-corrected chi connectivity index (χ1v) is 42.5. The van der Waals surface area contributed by atoms with Crippen molar-refractivity contribution in [3.8, 4) is 11.1 Å². The number of para-hydroxylation sites is 1. The maximum absolute atomic E-state index is 16.4. The Labute approximate surface area is 721 Å². The number of halogens is 1. The first kappa shape index (κ1) is 81.3. The molecule has 0 N–H and O–H groups in total. The minimum atomic E-state index is -0.305. The predicted molar refractivity (Wildman–Crippen MR) is 523 cm³/mol. The van der Waals surface area contributed by atoms with Crippen molar-refractivity contribution in [1.29, 1.82) is 0 Å². The van der Waals surface area contributed by atoms with Crippen LogP contribution in [0, 0.1) is 33.5 Å². The fraction of sp³-hybridized carbons (Fsp3) is 0.102. The molecular formula is C118H102FN3. The minimum absolute atomic E-state index is 0.0730. The Morgan fingerprint density at radius 3 is 1.14 bits per heavy atom. The van der Waals surface area contributed by atoms with E-state index in [1.807, 2.05) is 36.4 Å². The third kappa shape index (κ3) is 19.0. The molecule has 0 aliphatic heterocycles. The molecule has 0 aliphatic carbocycles. The number of benzene rings is 17. The molecule has 0 unspecified atom stereocenters. The number of anilines is 7. The van der Waals surface area contributed by atoms with Crippen molar-refractivity contribution in [2.45, 2.75) is 67.7 Å². The van der Waals surface area contributed by atoms with Crippen LogP contribution in [0.4, 0.5) is 44.2 Å². The number of aryl methyl sites for hydroxylation is 4. The summed E-state index contributed by atoms with van der Waals surface area (Å²) in [6.45, 7) is 21.7. The second kappa shape index (κ2) is 37.2. The zero-order chi connectivity index (χ0) is 84.1. The van der Waals surface area contributed by atoms with Gasteiger partial charge < -0.3 is 14.7 Å². The van der Waals surface area contributed by atoms with Crippen molar-refractivity contribution in [3.63, 3.8) is 0 Å². The quantitative estimate of drug-likeness (QED) is 0.0626. The van der Waals surface area contributed by atoms with E-state index in [1.165, 1.54) is 83.2 Å². The molecule has 0 saturated carbocycles. The summed E-state index contributed by atoms with van der Waals surface area (Å²) >= 11 is 0. The van der Waals surface area contributed by atoms with Crippen LogP contribution in [-0.2, 0) is 5.41 Å². The van der Waals surface area contributed by atoms with Crippen LogP contribution in [0.5, 0.6) is 0 Å². The summed E-state index contributed by atoms with van der Waals surface area (Å²) in [4.78, 5) is 7.01. The lowest BCUT2D eigenvalue weighted by molar-refractivity contribution is 0.590. The number of hydrogen-bond donors (Lipinski definition) is 0. The molecule has 0 saturated heterocycles. The molecule has 0 amide bonds. The lowest BCUT2D eigenvalue weighted by atomic mass is 9.85. The molecular weight excluding hydrogens is 1480 g/mol. The predicted octanol–water partition coefficient (Wildman–Crippen LogP) is 32.2. The summed E-state index contributed by atoms with van der Waals surface area (Å²) < 4.78 is 16.4. The Morgan fingerprint density at radius 1 is 0.270 bits per heavy atom. The van der Waals surface area contributed by atoms with Gasteiger partial charge in [-0.1, -0.05) is 358 Å². The zero-order valence-corrected chi connectivity index (χ0v) is 71.1. The highest BCUT2D eigenvalue weighted by atomic mass is 19.1. The first-order valence-electron chi connectivity index (χ1n) is 42.5. The average molecular weight is 1580 g/mol.